The molecule has 1 atom stereocenters. The molecular formula is C28H29NO2. The molecule has 0 radical (unpaired) electrons. The second kappa shape index (κ2) is 8.32. The van der Waals surface area contributed by atoms with Crippen LogP contribution < -0.4 is 5.32 Å². The van der Waals surface area contributed by atoms with Crippen LogP contribution in [-0.4, -0.2) is 17.1 Å². The first-order valence-electron chi connectivity index (χ1n) is 11.5. The fraction of sp³-hybridized carbons (Fsp3) is 0.321. The molecule has 2 aliphatic carbocycles. The van der Waals surface area contributed by atoms with Crippen LogP contribution in [0.4, 0.5) is 0 Å². The molecule has 3 nitrogen and oxygen atoms in total. The summed E-state index contributed by atoms with van der Waals surface area (Å²) >= 11 is 0. The number of rotatable bonds is 6. The molecule has 3 aromatic carbocycles. The van der Waals surface area contributed by atoms with Crippen LogP contribution in [0.25, 0.3) is 11.1 Å². The summed E-state index contributed by atoms with van der Waals surface area (Å²) in [5.41, 5.74) is 5.04. The maximum Gasteiger partial charge on any atom is 0.320 e. The fourth-order valence-electron chi connectivity index (χ4n) is 5.71. The predicted octanol–water partition coefficient (Wildman–Crippen LogP) is 5.97. The molecule has 3 aromatic rings. The van der Waals surface area contributed by atoms with Crippen molar-refractivity contribution in [1.29, 1.82) is 0 Å². The van der Waals surface area contributed by atoms with Gasteiger partial charge in [0.25, 0.3) is 0 Å². The van der Waals surface area contributed by atoms with Crippen molar-refractivity contribution in [3.8, 4) is 11.1 Å². The maximum absolute atomic E-state index is 12.5. The van der Waals surface area contributed by atoms with Gasteiger partial charge in [-0.2, -0.15) is 0 Å². The van der Waals surface area contributed by atoms with Crippen LogP contribution in [0.3, 0.4) is 0 Å². The van der Waals surface area contributed by atoms with Crippen LogP contribution in [-0.2, 0) is 10.3 Å². The van der Waals surface area contributed by atoms with Crippen molar-refractivity contribution in [2.45, 2.75) is 50.1 Å². The van der Waals surface area contributed by atoms with Crippen molar-refractivity contribution in [2.24, 2.45) is 5.92 Å². The van der Waals surface area contributed by atoms with E-state index in [1.165, 1.54) is 30.4 Å². The Morgan fingerprint density at radius 1 is 0.839 bits per heavy atom. The van der Waals surface area contributed by atoms with Gasteiger partial charge in [-0.05, 0) is 40.2 Å². The largest absolute Gasteiger partial charge is 0.480 e. The SMILES string of the molecule is O=C(O)[C@H](CC1CCCCC1)NC1(c2ccccc2)c2ccccc2-c2ccccc21. The minimum Gasteiger partial charge on any atom is -0.480 e. The Kier molecular flexibility index (Phi) is 5.37. The van der Waals surface area contributed by atoms with Crippen molar-refractivity contribution in [3.63, 3.8) is 0 Å². The number of hydrogen-bond donors (Lipinski definition) is 2. The summed E-state index contributed by atoms with van der Waals surface area (Å²) in [6.07, 6.45) is 6.65. The molecule has 0 aliphatic heterocycles. The smallest absolute Gasteiger partial charge is 0.320 e. The Bertz CT molecular complexity index is 1020. The summed E-state index contributed by atoms with van der Waals surface area (Å²) in [5, 5.41) is 14.0. The van der Waals surface area contributed by atoms with E-state index in [2.05, 4.69) is 66.0 Å². The Morgan fingerprint density at radius 2 is 1.39 bits per heavy atom. The highest BCUT2D eigenvalue weighted by molar-refractivity contribution is 5.84. The van der Waals surface area contributed by atoms with Gasteiger partial charge in [0.15, 0.2) is 0 Å². The van der Waals surface area contributed by atoms with E-state index in [4.69, 9.17) is 0 Å². The normalized spacial score (nSPS) is 18.2. The van der Waals surface area contributed by atoms with Gasteiger partial charge >= 0.3 is 5.97 Å². The number of hydrogen-bond acceptors (Lipinski definition) is 2. The zero-order valence-electron chi connectivity index (χ0n) is 17.8. The molecule has 0 aromatic heterocycles. The zero-order chi connectivity index (χ0) is 21.3. The van der Waals surface area contributed by atoms with Crippen molar-refractivity contribution >= 4 is 5.97 Å². The van der Waals surface area contributed by atoms with Gasteiger partial charge in [0.05, 0.1) is 5.54 Å². The number of carbonyl (C=O) groups is 1. The Morgan fingerprint density at radius 3 is 1.97 bits per heavy atom. The summed E-state index contributed by atoms with van der Waals surface area (Å²) in [6.45, 7) is 0. The lowest BCUT2D eigenvalue weighted by Gasteiger charge is -2.38. The Hall–Kier alpha value is -2.91. The van der Waals surface area contributed by atoms with Crippen LogP contribution >= 0.6 is 0 Å². The van der Waals surface area contributed by atoms with Crippen LogP contribution in [0.1, 0.15) is 55.2 Å². The molecular weight excluding hydrogens is 382 g/mol. The van der Waals surface area contributed by atoms with Crippen molar-refractivity contribution < 1.29 is 9.90 Å². The first-order chi connectivity index (χ1) is 15.2. The monoisotopic (exact) mass is 411 g/mol. The average Bonchev–Trinajstić information content (AvgIpc) is 3.11. The van der Waals surface area contributed by atoms with Crippen LogP contribution in [0, 0.1) is 5.92 Å². The van der Waals surface area contributed by atoms with Crippen molar-refractivity contribution in [1.82, 2.24) is 5.32 Å². The molecule has 0 spiro atoms. The lowest BCUT2D eigenvalue weighted by Crippen LogP contribution is -2.52. The summed E-state index contributed by atoms with van der Waals surface area (Å²) < 4.78 is 0. The third-order valence-corrected chi connectivity index (χ3v) is 7.14. The highest BCUT2D eigenvalue weighted by Gasteiger charge is 2.46. The van der Waals surface area contributed by atoms with Gasteiger partial charge in [0.1, 0.15) is 6.04 Å². The summed E-state index contributed by atoms with van der Waals surface area (Å²) in [4.78, 5) is 12.5. The number of fused-ring (bicyclic) bond motifs is 3. The van der Waals surface area contributed by atoms with E-state index in [1.54, 1.807) is 0 Å². The number of nitrogens with one attached hydrogen (secondary N) is 1. The van der Waals surface area contributed by atoms with Gasteiger partial charge in [-0.25, -0.2) is 0 Å². The summed E-state index contributed by atoms with van der Waals surface area (Å²) in [6, 6.07) is 26.6. The average molecular weight is 412 g/mol. The second-order valence-corrected chi connectivity index (χ2v) is 8.98. The van der Waals surface area contributed by atoms with E-state index >= 15 is 0 Å². The minimum atomic E-state index is -0.761. The quantitative estimate of drug-likeness (QED) is 0.525. The van der Waals surface area contributed by atoms with Gasteiger partial charge in [0.2, 0.25) is 0 Å². The molecule has 3 heteroatoms. The minimum absolute atomic E-state index is 0.474. The lowest BCUT2D eigenvalue weighted by molar-refractivity contribution is -0.140. The highest BCUT2D eigenvalue weighted by atomic mass is 16.4. The van der Waals surface area contributed by atoms with Crippen molar-refractivity contribution in [2.75, 3.05) is 0 Å². The van der Waals surface area contributed by atoms with Gasteiger partial charge in [-0.15, -0.1) is 0 Å². The molecule has 1 fully saturated rings. The lowest BCUT2D eigenvalue weighted by atomic mass is 9.78. The van der Waals surface area contributed by atoms with Crippen LogP contribution in [0.15, 0.2) is 78.9 Å². The molecule has 0 heterocycles. The second-order valence-electron chi connectivity index (χ2n) is 8.98. The van der Waals surface area contributed by atoms with E-state index in [-0.39, 0.29) is 0 Å². The highest BCUT2D eigenvalue weighted by Crippen LogP contribution is 2.51. The van der Waals surface area contributed by atoms with Gasteiger partial charge < -0.3 is 5.11 Å². The van der Waals surface area contributed by atoms with Crippen molar-refractivity contribution in [3.05, 3.63) is 95.6 Å². The molecule has 0 saturated heterocycles. The molecule has 1 saturated carbocycles. The Labute approximate surface area is 184 Å². The maximum atomic E-state index is 12.5. The number of carboxylic acid groups (broad SMARTS) is 1. The zero-order valence-corrected chi connectivity index (χ0v) is 17.8. The first kappa shape index (κ1) is 20.0. The number of benzene rings is 3. The molecule has 2 N–H and O–H groups in total. The van der Waals surface area contributed by atoms with E-state index in [0.717, 1.165) is 29.5 Å². The van der Waals surface area contributed by atoms with Crippen LogP contribution in [0.2, 0.25) is 0 Å². The topological polar surface area (TPSA) is 49.3 Å². The summed E-state index contributed by atoms with van der Waals surface area (Å²) in [5.74, 6) is -0.287. The molecule has 31 heavy (non-hydrogen) atoms. The third-order valence-electron chi connectivity index (χ3n) is 7.14. The van der Waals surface area contributed by atoms with Gasteiger partial charge in [-0.3, -0.25) is 10.1 Å². The van der Waals surface area contributed by atoms with E-state index in [1.807, 2.05) is 18.2 Å². The number of aliphatic carboxylic acids is 1. The predicted molar refractivity (Wildman–Crippen MR) is 124 cm³/mol. The third kappa shape index (κ3) is 3.47. The molecule has 0 amide bonds. The standard InChI is InChI=1S/C28H29NO2/c30-27(31)26(19-20-11-3-1-4-12-20)29-28(21-13-5-2-6-14-21)24-17-9-7-15-22(24)23-16-8-10-18-25(23)28/h2,5-10,13-18,20,26,29H,1,3-4,11-12,19H2,(H,30,31)/t26-/m0/s1. The molecule has 5 rings (SSSR count). The molecule has 2 aliphatic rings. The van der Waals surface area contributed by atoms with Crippen LogP contribution in [0.5, 0.6) is 0 Å². The summed E-state index contributed by atoms with van der Waals surface area (Å²) in [7, 11) is 0. The van der Waals surface area contributed by atoms with E-state index in [9.17, 15) is 9.90 Å². The molecule has 0 unspecified atom stereocenters. The molecule has 158 valence electrons. The Balaban J connectivity index is 1.65. The van der Waals surface area contributed by atoms with E-state index < -0.39 is 17.6 Å². The fourth-order valence-corrected chi connectivity index (χ4v) is 5.71. The number of carboxylic acids is 1. The van der Waals surface area contributed by atoms with Gasteiger partial charge in [0, 0.05) is 0 Å². The molecule has 0 bridgehead atoms. The first-order valence-corrected chi connectivity index (χ1v) is 11.5. The van der Waals surface area contributed by atoms with Gasteiger partial charge in [-0.1, -0.05) is 111 Å². The van der Waals surface area contributed by atoms with E-state index in [0.29, 0.717) is 12.3 Å².